The number of allylic oxidation sites excluding steroid dienone is 10. The van der Waals surface area contributed by atoms with Crippen LogP contribution >= 0.6 is 7.82 Å². The highest BCUT2D eigenvalue weighted by molar-refractivity contribution is 7.47. The number of rotatable bonds is 36. The maximum Gasteiger partial charge on any atom is 0.472 e. The zero-order valence-corrected chi connectivity index (χ0v) is 33.0. The number of phosphoric ester groups is 1. The lowest BCUT2D eigenvalue weighted by Gasteiger charge is -2.19. The van der Waals surface area contributed by atoms with Crippen LogP contribution in [0, 0.1) is 0 Å². The Bertz CT molecular complexity index is 1020. The Labute approximate surface area is 310 Å². The summed E-state index contributed by atoms with van der Waals surface area (Å²) in [5, 5.41) is 0. The van der Waals surface area contributed by atoms with E-state index >= 15 is 0 Å². The van der Waals surface area contributed by atoms with E-state index in [1.54, 1.807) is 0 Å². The summed E-state index contributed by atoms with van der Waals surface area (Å²) in [4.78, 5) is 34.8. The number of ether oxygens (including phenoxy) is 2. The van der Waals surface area contributed by atoms with Crippen LogP contribution < -0.4 is 5.73 Å². The van der Waals surface area contributed by atoms with Gasteiger partial charge in [-0.05, 0) is 51.4 Å². The molecule has 2 atom stereocenters. The van der Waals surface area contributed by atoms with Crippen LogP contribution in [-0.4, -0.2) is 49.3 Å². The van der Waals surface area contributed by atoms with Crippen molar-refractivity contribution in [2.24, 2.45) is 5.73 Å². The van der Waals surface area contributed by atoms with Gasteiger partial charge in [0.05, 0.1) is 13.2 Å². The molecule has 0 aliphatic rings. The highest BCUT2D eigenvalue weighted by atomic mass is 31.2. The number of phosphoric acid groups is 1. The first-order valence-electron chi connectivity index (χ1n) is 19.8. The van der Waals surface area contributed by atoms with E-state index in [0.717, 1.165) is 57.8 Å². The summed E-state index contributed by atoms with van der Waals surface area (Å²) >= 11 is 0. The normalized spacial score (nSPS) is 14.0. The summed E-state index contributed by atoms with van der Waals surface area (Å²) in [7, 11) is -4.38. The largest absolute Gasteiger partial charge is 0.472 e. The molecule has 0 aliphatic carbocycles. The van der Waals surface area contributed by atoms with E-state index in [4.69, 9.17) is 24.3 Å². The second-order valence-corrected chi connectivity index (χ2v) is 14.3. The average Bonchev–Trinajstić information content (AvgIpc) is 3.11. The van der Waals surface area contributed by atoms with E-state index in [2.05, 4.69) is 44.2 Å². The number of esters is 2. The minimum atomic E-state index is -4.38. The Morgan fingerprint density at radius 3 is 1.67 bits per heavy atom. The maximum absolute atomic E-state index is 12.5. The van der Waals surface area contributed by atoms with Crippen molar-refractivity contribution in [3.8, 4) is 0 Å². The van der Waals surface area contributed by atoms with Gasteiger partial charge in [-0.25, -0.2) is 4.57 Å². The summed E-state index contributed by atoms with van der Waals surface area (Å²) in [5.74, 6) is -0.864. The van der Waals surface area contributed by atoms with Crippen LogP contribution in [0.15, 0.2) is 60.8 Å². The number of carbonyl (C=O) groups excluding carboxylic acids is 2. The number of unbranched alkanes of at least 4 members (excludes halogenated alkanes) is 16. The van der Waals surface area contributed by atoms with Gasteiger partial charge in [-0.3, -0.25) is 18.6 Å². The zero-order chi connectivity index (χ0) is 37.5. The SMILES string of the molecule is CC/C=C/C=C/C=C/C=C/CCCCCCCC(=O)OC[C@H](COP(=O)(O)OCCN)OC(=O)CCCCCCCCCCC/C=C/CCCC. The molecule has 0 aromatic heterocycles. The summed E-state index contributed by atoms with van der Waals surface area (Å²) < 4.78 is 32.7. The topological polar surface area (TPSA) is 134 Å². The van der Waals surface area contributed by atoms with Crippen LogP contribution in [0.25, 0.3) is 0 Å². The van der Waals surface area contributed by atoms with Crippen molar-refractivity contribution < 1.29 is 37.6 Å². The highest BCUT2D eigenvalue weighted by Crippen LogP contribution is 2.43. The monoisotopic (exact) mass is 737 g/mol. The first-order valence-corrected chi connectivity index (χ1v) is 21.3. The van der Waals surface area contributed by atoms with Crippen molar-refractivity contribution in [1.29, 1.82) is 0 Å². The molecule has 10 heteroatoms. The van der Waals surface area contributed by atoms with Gasteiger partial charge in [0, 0.05) is 19.4 Å². The molecule has 0 radical (unpaired) electrons. The van der Waals surface area contributed by atoms with E-state index in [0.29, 0.717) is 12.8 Å². The molecule has 0 aromatic carbocycles. The number of hydrogen-bond donors (Lipinski definition) is 2. The third kappa shape index (κ3) is 37.3. The molecule has 0 heterocycles. The molecule has 0 spiro atoms. The number of nitrogens with two attached hydrogens (primary N) is 1. The Hall–Kier alpha value is -2.29. The van der Waals surface area contributed by atoms with Crippen LogP contribution in [0.5, 0.6) is 0 Å². The molecule has 0 amide bonds. The molecule has 0 bridgehead atoms. The van der Waals surface area contributed by atoms with Gasteiger partial charge in [0.25, 0.3) is 0 Å². The van der Waals surface area contributed by atoms with Crippen LogP contribution in [0.4, 0.5) is 0 Å². The molecule has 0 fully saturated rings. The molecule has 1 unspecified atom stereocenters. The number of carbonyl (C=O) groups is 2. The van der Waals surface area contributed by atoms with E-state index in [1.807, 2.05) is 30.4 Å². The molecule has 0 rings (SSSR count). The van der Waals surface area contributed by atoms with Crippen molar-refractivity contribution in [3.05, 3.63) is 60.8 Å². The van der Waals surface area contributed by atoms with Gasteiger partial charge in [-0.15, -0.1) is 0 Å². The van der Waals surface area contributed by atoms with Gasteiger partial charge in [-0.2, -0.15) is 0 Å². The van der Waals surface area contributed by atoms with Gasteiger partial charge < -0.3 is 20.1 Å². The van der Waals surface area contributed by atoms with Crippen molar-refractivity contribution in [1.82, 2.24) is 0 Å². The summed E-state index contributed by atoms with van der Waals surface area (Å²) in [5.41, 5.74) is 5.33. The second kappa shape index (κ2) is 37.5. The van der Waals surface area contributed by atoms with Gasteiger partial charge in [0.15, 0.2) is 6.10 Å². The summed E-state index contributed by atoms with van der Waals surface area (Å²) in [6.45, 7) is 3.52. The molecule has 9 nitrogen and oxygen atoms in total. The first-order chi connectivity index (χ1) is 24.8. The lowest BCUT2D eigenvalue weighted by Crippen LogP contribution is -2.29. The predicted molar refractivity (Wildman–Crippen MR) is 210 cm³/mol. The van der Waals surface area contributed by atoms with Crippen LogP contribution in [0.3, 0.4) is 0 Å². The van der Waals surface area contributed by atoms with Crippen LogP contribution in [0.1, 0.15) is 155 Å². The summed E-state index contributed by atoms with van der Waals surface area (Å²) in [6, 6.07) is 0. The average molecular weight is 738 g/mol. The standard InChI is InChI=1S/C41H72NO8P/c1-3-5-7-9-11-13-15-17-19-21-23-25-27-29-31-33-40(43)47-37-39(38-49-51(45,46)48-36-35-42)50-41(44)34-32-30-28-26-24-22-20-18-16-14-12-10-8-6-4-2/h5,7,9-13,15,17,19,39H,3-4,6,8,14,16,18,20-38,42H2,1-2H3,(H,45,46)/b7-5+,11-9+,12-10+,15-13+,19-17+/t39-/m1/s1. The molecule has 0 saturated heterocycles. The zero-order valence-electron chi connectivity index (χ0n) is 32.1. The quantitative estimate of drug-likeness (QED) is 0.0212. The molecular weight excluding hydrogens is 665 g/mol. The third-order valence-electron chi connectivity index (χ3n) is 7.98. The van der Waals surface area contributed by atoms with E-state index < -0.39 is 32.5 Å². The van der Waals surface area contributed by atoms with Crippen molar-refractivity contribution in [2.45, 2.75) is 161 Å². The predicted octanol–water partition coefficient (Wildman–Crippen LogP) is 10.9. The highest BCUT2D eigenvalue weighted by Gasteiger charge is 2.25. The minimum Gasteiger partial charge on any atom is -0.462 e. The molecule has 0 aromatic rings. The Balaban J connectivity index is 4.25. The van der Waals surface area contributed by atoms with Gasteiger partial charge in [0.1, 0.15) is 6.61 Å². The van der Waals surface area contributed by atoms with Crippen molar-refractivity contribution in [2.75, 3.05) is 26.4 Å². The summed E-state index contributed by atoms with van der Waals surface area (Å²) in [6.07, 6.45) is 42.4. The fourth-order valence-electron chi connectivity index (χ4n) is 5.04. The molecule has 51 heavy (non-hydrogen) atoms. The first kappa shape index (κ1) is 48.7. The Morgan fingerprint density at radius 1 is 0.608 bits per heavy atom. The smallest absolute Gasteiger partial charge is 0.462 e. The third-order valence-corrected chi connectivity index (χ3v) is 8.97. The molecule has 0 aliphatic heterocycles. The molecular formula is C41H72NO8P. The van der Waals surface area contributed by atoms with Crippen molar-refractivity contribution >= 4 is 19.8 Å². The van der Waals surface area contributed by atoms with Gasteiger partial charge >= 0.3 is 19.8 Å². The van der Waals surface area contributed by atoms with Gasteiger partial charge in [-0.1, -0.05) is 152 Å². The number of hydrogen-bond acceptors (Lipinski definition) is 8. The Morgan fingerprint density at radius 2 is 1.10 bits per heavy atom. The maximum atomic E-state index is 12.5. The fraction of sp³-hybridized carbons (Fsp3) is 0.707. The fourth-order valence-corrected chi connectivity index (χ4v) is 5.80. The van der Waals surface area contributed by atoms with E-state index in [9.17, 15) is 19.0 Å². The lowest BCUT2D eigenvalue weighted by molar-refractivity contribution is -0.161. The van der Waals surface area contributed by atoms with Crippen molar-refractivity contribution in [3.63, 3.8) is 0 Å². The molecule has 294 valence electrons. The molecule has 0 saturated carbocycles. The second-order valence-electron chi connectivity index (χ2n) is 12.9. The lowest BCUT2D eigenvalue weighted by atomic mass is 10.1. The van der Waals surface area contributed by atoms with E-state index in [-0.39, 0.29) is 32.6 Å². The van der Waals surface area contributed by atoms with Crippen LogP contribution in [-0.2, 0) is 32.7 Å². The Kier molecular flexibility index (Phi) is 35.8. The van der Waals surface area contributed by atoms with Crippen LogP contribution in [0.2, 0.25) is 0 Å². The molecule has 3 N–H and O–H groups in total. The van der Waals surface area contributed by atoms with E-state index in [1.165, 1.54) is 57.8 Å². The minimum absolute atomic E-state index is 0.0469. The van der Waals surface area contributed by atoms with Gasteiger partial charge in [0.2, 0.25) is 0 Å².